The molecule has 1 unspecified atom stereocenters. The van der Waals surface area contributed by atoms with Crippen molar-refractivity contribution in [1.29, 1.82) is 0 Å². The van der Waals surface area contributed by atoms with Crippen molar-refractivity contribution < 1.29 is 4.74 Å². The molecule has 0 radical (unpaired) electrons. The van der Waals surface area contributed by atoms with Crippen molar-refractivity contribution in [3.8, 4) is 0 Å². The smallest absolute Gasteiger partial charge is 0.194 e. The highest BCUT2D eigenvalue weighted by Gasteiger charge is 2.25. The summed E-state index contributed by atoms with van der Waals surface area (Å²) in [6.45, 7) is 13.1. The second kappa shape index (κ2) is 9.91. The summed E-state index contributed by atoms with van der Waals surface area (Å²) < 4.78 is 5.55. The largest absolute Gasteiger partial charge is 0.381 e. The Bertz CT molecular complexity index is 527. The van der Waals surface area contributed by atoms with Gasteiger partial charge in [0, 0.05) is 43.5 Å². The van der Waals surface area contributed by atoms with Crippen LogP contribution in [0.4, 0.5) is 0 Å². The van der Waals surface area contributed by atoms with Gasteiger partial charge < -0.3 is 15.0 Å². The monoisotopic (exact) mass is 466 g/mol. The van der Waals surface area contributed by atoms with E-state index in [1.54, 1.807) is 11.3 Å². The van der Waals surface area contributed by atoms with Gasteiger partial charge in [0.15, 0.2) is 5.96 Å². The third-order valence-electron chi connectivity index (χ3n) is 4.07. The number of aromatic nitrogens is 1. The Morgan fingerprint density at radius 2 is 2.25 bits per heavy atom. The summed E-state index contributed by atoms with van der Waals surface area (Å²) >= 11 is 1.72. The van der Waals surface area contributed by atoms with Crippen LogP contribution < -0.4 is 5.32 Å². The lowest BCUT2D eigenvalue weighted by Crippen LogP contribution is -2.39. The van der Waals surface area contributed by atoms with Gasteiger partial charge >= 0.3 is 0 Å². The van der Waals surface area contributed by atoms with E-state index in [0.717, 1.165) is 49.5 Å². The number of aliphatic imine (C=N–C) groups is 1. The molecule has 1 aromatic rings. The molecule has 0 amide bonds. The van der Waals surface area contributed by atoms with E-state index in [-0.39, 0.29) is 29.4 Å². The van der Waals surface area contributed by atoms with Crippen molar-refractivity contribution in [3.63, 3.8) is 0 Å². The molecular weight excluding hydrogens is 435 g/mol. The van der Waals surface area contributed by atoms with Crippen molar-refractivity contribution in [1.82, 2.24) is 15.2 Å². The topological polar surface area (TPSA) is 49.8 Å². The number of nitrogens with one attached hydrogen (secondary N) is 1. The van der Waals surface area contributed by atoms with E-state index < -0.39 is 0 Å². The van der Waals surface area contributed by atoms with E-state index in [1.165, 1.54) is 6.42 Å². The molecule has 1 aliphatic rings. The number of likely N-dealkylation sites (tertiary alicyclic amines) is 1. The van der Waals surface area contributed by atoms with E-state index in [2.05, 4.69) is 41.4 Å². The Balaban J connectivity index is 0.00000288. The number of nitrogens with zero attached hydrogens (tertiary/aromatic N) is 3. The summed E-state index contributed by atoms with van der Waals surface area (Å²) in [5, 5.41) is 6.72. The molecule has 7 heteroatoms. The van der Waals surface area contributed by atoms with E-state index in [9.17, 15) is 0 Å². The van der Waals surface area contributed by atoms with Crippen LogP contribution in [-0.2, 0) is 16.7 Å². The highest BCUT2D eigenvalue weighted by molar-refractivity contribution is 14.0. The van der Waals surface area contributed by atoms with Gasteiger partial charge in [-0.25, -0.2) is 4.98 Å². The van der Waals surface area contributed by atoms with Crippen LogP contribution in [0.1, 0.15) is 44.8 Å². The SMILES string of the molecule is CCOCC1CCN(C(=NC)NCc2nc(C(C)(C)C)cs2)C1.I. The van der Waals surface area contributed by atoms with Gasteiger partial charge in [0.2, 0.25) is 0 Å². The highest BCUT2D eigenvalue weighted by Crippen LogP contribution is 2.24. The van der Waals surface area contributed by atoms with E-state index in [0.29, 0.717) is 5.92 Å². The lowest BCUT2D eigenvalue weighted by molar-refractivity contribution is 0.114. The number of halogens is 1. The Morgan fingerprint density at radius 3 is 2.83 bits per heavy atom. The summed E-state index contributed by atoms with van der Waals surface area (Å²) in [7, 11) is 1.85. The summed E-state index contributed by atoms with van der Waals surface area (Å²) in [6.07, 6.45) is 1.17. The first-order chi connectivity index (χ1) is 10.9. The molecular formula is C17H31IN4OS. The molecule has 2 rings (SSSR count). The molecule has 0 spiro atoms. The van der Waals surface area contributed by atoms with Crippen molar-refractivity contribution >= 4 is 41.3 Å². The zero-order valence-corrected chi connectivity index (χ0v) is 18.6. The molecule has 138 valence electrons. The average molecular weight is 466 g/mol. The second-order valence-corrected chi connectivity index (χ2v) is 7.98. The average Bonchev–Trinajstić information content (AvgIpc) is 3.14. The quantitative estimate of drug-likeness (QED) is 0.410. The molecule has 1 fully saturated rings. The predicted octanol–water partition coefficient (Wildman–Crippen LogP) is 3.49. The van der Waals surface area contributed by atoms with Crippen molar-refractivity contribution in [2.75, 3.05) is 33.4 Å². The van der Waals surface area contributed by atoms with Gasteiger partial charge in [-0.05, 0) is 13.3 Å². The molecule has 1 aliphatic heterocycles. The Hall–Kier alpha value is -0.410. The maximum Gasteiger partial charge on any atom is 0.194 e. The Labute approximate surface area is 167 Å². The van der Waals surface area contributed by atoms with Crippen LogP contribution >= 0.6 is 35.3 Å². The molecule has 1 aromatic heterocycles. The number of hydrogen-bond donors (Lipinski definition) is 1. The fourth-order valence-electron chi connectivity index (χ4n) is 2.67. The normalized spacial score (nSPS) is 18.6. The van der Waals surface area contributed by atoms with Gasteiger partial charge in [0.25, 0.3) is 0 Å². The molecule has 2 heterocycles. The first-order valence-electron chi connectivity index (χ1n) is 8.42. The first-order valence-corrected chi connectivity index (χ1v) is 9.30. The van der Waals surface area contributed by atoms with Crippen LogP contribution in [0.5, 0.6) is 0 Å². The number of guanidine groups is 1. The Kier molecular flexibility index (Phi) is 8.94. The summed E-state index contributed by atoms with van der Waals surface area (Å²) in [5.41, 5.74) is 1.27. The molecule has 5 nitrogen and oxygen atoms in total. The van der Waals surface area contributed by atoms with Crippen molar-refractivity contribution in [2.45, 2.75) is 46.1 Å². The lowest BCUT2D eigenvalue weighted by Gasteiger charge is -2.21. The highest BCUT2D eigenvalue weighted by atomic mass is 127. The number of hydrogen-bond acceptors (Lipinski definition) is 4. The van der Waals surface area contributed by atoms with Gasteiger partial charge in [-0.1, -0.05) is 20.8 Å². The molecule has 0 bridgehead atoms. The molecule has 0 saturated carbocycles. The summed E-state index contributed by atoms with van der Waals surface area (Å²) in [5.74, 6) is 1.58. The van der Waals surface area contributed by atoms with Gasteiger partial charge in [0.1, 0.15) is 5.01 Å². The zero-order valence-electron chi connectivity index (χ0n) is 15.5. The van der Waals surface area contributed by atoms with Gasteiger partial charge in [-0.15, -0.1) is 35.3 Å². The van der Waals surface area contributed by atoms with E-state index >= 15 is 0 Å². The van der Waals surface area contributed by atoms with E-state index in [4.69, 9.17) is 9.72 Å². The van der Waals surface area contributed by atoms with Gasteiger partial charge in [-0.3, -0.25) is 4.99 Å². The third-order valence-corrected chi connectivity index (χ3v) is 4.92. The predicted molar refractivity (Wildman–Crippen MR) is 113 cm³/mol. The second-order valence-electron chi connectivity index (χ2n) is 7.04. The molecule has 0 aromatic carbocycles. The van der Waals surface area contributed by atoms with E-state index in [1.807, 2.05) is 14.0 Å². The minimum atomic E-state index is 0. The number of thiazole rings is 1. The van der Waals surface area contributed by atoms with Crippen molar-refractivity contribution in [3.05, 3.63) is 16.1 Å². The van der Waals surface area contributed by atoms with Gasteiger partial charge in [-0.2, -0.15) is 0 Å². The fraction of sp³-hybridized carbons (Fsp3) is 0.765. The number of rotatable bonds is 5. The molecule has 1 atom stereocenters. The molecule has 24 heavy (non-hydrogen) atoms. The molecule has 1 saturated heterocycles. The number of ether oxygens (including phenoxy) is 1. The first kappa shape index (κ1) is 21.6. The maximum absolute atomic E-state index is 5.55. The van der Waals surface area contributed by atoms with Crippen LogP contribution in [0.15, 0.2) is 10.4 Å². The maximum atomic E-state index is 5.55. The van der Waals surface area contributed by atoms with Crippen LogP contribution in [0.2, 0.25) is 0 Å². The molecule has 0 aliphatic carbocycles. The fourth-order valence-corrected chi connectivity index (χ4v) is 3.63. The van der Waals surface area contributed by atoms with Crippen LogP contribution in [0.3, 0.4) is 0 Å². The summed E-state index contributed by atoms with van der Waals surface area (Å²) in [4.78, 5) is 11.5. The standard InChI is InChI=1S/C17H30N4OS.HI/c1-6-22-11-13-7-8-21(10-13)16(18-5)19-9-15-20-14(12-23-15)17(2,3)4;/h12-13H,6-11H2,1-5H3,(H,18,19);1H. The minimum absolute atomic E-state index is 0. The molecule has 1 N–H and O–H groups in total. The third kappa shape index (κ3) is 6.15. The van der Waals surface area contributed by atoms with Crippen LogP contribution in [0.25, 0.3) is 0 Å². The lowest BCUT2D eigenvalue weighted by atomic mass is 9.93. The van der Waals surface area contributed by atoms with Crippen molar-refractivity contribution in [2.24, 2.45) is 10.9 Å². The van der Waals surface area contributed by atoms with Gasteiger partial charge in [0.05, 0.1) is 18.8 Å². The zero-order chi connectivity index (χ0) is 16.9. The Morgan fingerprint density at radius 1 is 1.50 bits per heavy atom. The van der Waals surface area contributed by atoms with Crippen LogP contribution in [-0.4, -0.2) is 49.2 Å². The minimum Gasteiger partial charge on any atom is -0.381 e. The summed E-state index contributed by atoms with van der Waals surface area (Å²) in [6, 6.07) is 0. The van der Waals surface area contributed by atoms with Crippen LogP contribution in [0, 0.1) is 5.92 Å².